The highest BCUT2D eigenvalue weighted by atomic mass is 35.5. The molecule has 1 aromatic heterocycles. The van der Waals surface area contributed by atoms with E-state index in [0.717, 1.165) is 18.7 Å². The van der Waals surface area contributed by atoms with E-state index in [1.807, 2.05) is 6.92 Å². The molecule has 0 saturated carbocycles. The number of rotatable bonds is 2. The van der Waals surface area contributed by atoms with E-state index >= 15 is 0 Å². The molecule has 1 saturated heterocycles. The van der Waals surface area contributed by atoms with Crippen LogP contribution >= 0.6 is 11.6 Å². The van der Waals surface area contributed by atoms with Gasteiger partial charge in [-0.25, -0.2) is 9.37 Å². The molecular weight excluding hydrogens is 247 g/mol. The molecule has 1 N–H and O–H groups in total. The molecule has 0 spiro atoms. The van der Waals surface area contributed by atoms with Gasteiger partial charge in [-0.2, -0.15) is 0 Å². The molecule has 1 aliphatic rings. The van der Waals surface area contributed by atoms with Gasteiger partial charge in [-0.3, -0.25) is 4.79 Å². The van der Waals surface area contributed by atoms with E-state index in [4.69, 9.17) is 16.3 Å². The molecule has 0 aromatic carbocycles. The van der Waals surface area contributed by atoms with Crippen molar-refractivity contribution in [1.82, 2.24) is 10.3 Å². The van der Waals surface area contributed by atoms with Gasteiger partial charge in [0.2, 0.25) is 0 Å². The van der Waals surface area contributed by atoms with E-state index in [1.54, 1.807) is 0 Å². The second-order valence-electron chi connectivity index (χ2n) is 4.31. The maximum Gasteiger partial charge on any atom is 0.255 e. The van der Waals surface area contributed by atoms with Crippen molar-refractivity contribution in [1.29, 1.82) is 0 Å². The van der Waals surface area contributed by atoms with Gasteiger partial charge in [-0.05, 0) is 19.4 Å². The van der Waals surface area contributed by atoms with Gasteiger partial charge in [0, 0.05) is 6.61 Å². The maximum atomic E-state index is 13.0. The molecule has 92 valence electrons. The third-order valence-corrected chi connectivity index (χ3v) is 2.99. The quantitative estimate of drug-likeness (QED) is 0.823. The largest absolute Gasteiger partial charge is 0.379 e. The fraction of sp³-hybridized carbons (Fsp3) is 0.455. The summed E-state index contributed by atoms with van der Waals surface area (Å²) in [6, 6.07) is 1.07. The maximum absolute atomic E-state index is 13.0. The Hall–Kier alpha value is -1.20. The topological polar surface area (TPSA) is 51.2 Å². The lowest BCUT2D eigenvalue weighted by atomic mass is 10.0. The van der Waals surface area contributed by atoms with Crippen LogP contribution in [-0.2, 0) is 4.74 Å². The molecule has 1 aliphatic heterocycles. The summed E-state index contributed by atoms with van der Waals surface area (Å²) in [5.74, 6) is -1.03. The molecule has 17 heavy (non-hydrogen) atoms. The predicted molar refractivity (Wildman–Crippen MR) is 60.5 cm³/mol. The molecule has 0 aliphatic carbocycles. The summed E-state index contributed by atoms with van der Waals surface area (Å²) < 4.78 is 18.2. The van der Waals surface area contributed by atoms with Crippen molar-refractivity contribution in [3.63, 3.8) is 0 Å². The normalized spacial score (nSPS) is 23.7. The summed E-state index contributed by atoms with van der Waals surface area (Å²) in [5, 5.41) is 2.78. The monoisotopic (exact) mass is 258 g/mol. The predicted octanol–water partition coefficient (Wildman–Crippen LogP) is 1.78. The number of hydrogen-bond donors (Lipinski definition) is 1. The number of amides is 1. The fourth-order valence-corrected chi connectivity index (χ4v) is 1.88. The van der Waals surface area contributed by atoms with Crippen LogP contribution in [0.4, 0.5) is 4.39 Å². The molecular formula is C11H12ClFN2O2. The van der Waals surface area contributed by atoms with E-state index in [-0.39, 0.29) is 10.7 Å². The van der Waals surface area contributed by atoms with Crippen LogP contribution in [0.3, 0.4) is 0 Å². The highest BCUT2D eigenvalue weighted by molar-refractivity contribution is 6.32. The van der Waals surface area contributed by atoms with Gasteiger partial charge in [0.05, 0.1) is 23.9 Å². The molecule has 2 heterocycles. The van der Waals surface area contributed by atoms with Gasteiger partial charge in [-0.1, -0.05) is 11.6 Å². The number of nitrogens with one attached hydrogen (secondary N) is 1. The Morgan fingerprint density at radius 1 is 1.71 bits per heavy atom. The van der Waals surface area contributed by atoms with Crippen LogP contribution in [0.1, 0.15) is 23.7 Å². The van der Waals surface area contributed by atoms with Gasteiger partial charge in [0.15, 0.2) is 0 Å². The van der Waals surface area contributed by atoms with E-state index < -0.39 is 17.3 Å². The average molecular weight is 259 g/mol. The molecule has 2 rings (SSSR count). The summed E-state index contributed by atoms with van der Waals surface area (Å²) in [7, 11) is 0. The lowest BCUT2D eigenvalue weighted by Gasteiger charge is -2.23. The second-order valence-corrected chi connectivity index (χ2v) is 4.67. The van der Waals surface area contributed by atoms with Crippen LogP contribution in [0, 0.1) is 5.82 Å². The highest BCUT2D eigenvalue weighted by Gasteiger charge is 2.32. The molecule has 6 heteroatoms. The Bertz CT molecular complexity index is 447. The van der Waals surface area contributed by atoms with Crippen LogP contribution in [0.2, 0.25) is 5.15 Å². The van der Waals surface area contributed by atoms with Crippen LogP contribution in [0.15, 0.2) is 12.3 Å². The lowest BCUT2D eigenvalue weighted by molar-refractivity contribution is 0.0889. The Morgan fingerprint density at radius 2 is 2.47 bits per heavy atom. The zero-order valence-electron chi connectivity index (χ0n) is 9.30. The highest BCUT2D eigenvalue weighted by Crippen LogP contribution is 2.20. The Morgan fingerprint density at radius 3 is 3.12 bits per heavy atom. The first-order valence-corrected chi connectivity index (χ1v) is 5.59. The molecule has 0 bridgehead atoms. The van der Waals surface area contributed by atoms with Crippen molar-refractivity contribution in [2.75, 3.05) is 13.2 Å². The minimum Gasteiger partial charge on any atom is -0.379 e. The zero-order chi connectivity index (χ0) is 12.5. The van der Waals surface area contributed by atoms with Crippen LogP contribution in [0.5, 0.6) is 0 Å². The van der Waals surface area contributed by atoms with Crippen LogP contribution in [0.25, 0.3) is 0 Å². The van der Waals surface area contributed by atoms with Gasteiger partial charge < -0.3 is 10.1 Å². The number of hydrogen-bond acceptors (Lipinski definition) is 3. The summed E-state index contributed by atoms with van der Waals surface area (Å²) in [6.07, 6.45) is 1.69. The summed E-state index contributed by atoms with van der Waals surface area (Å²) >= 11 is 5.75. The first-order valence-electron chi connectivity index (χ1n) is 5.21. The number of carbonyl (C=O) groups excluding carboxylic acids is 1. The van der Waals surface area contributed by atoms with Crippen molar-refractivity contribution >= 4 is 17.5 Å². The fourth-order valence-electron chi connectivity index (χ4n) is 1.69. The standard InChI is InChI=1S/C11H12ClFN2O2/c1-11(2-3-17-6-11)15-10(16)8-4-7(13)5-14-9(8)12/h4-5H,2-3,6H2,1H3,(H,15,16). The molecule has 1 aromatic rings. The van der Waals surface area contributed by atoms with Gasteiger partial charge in [0.25, 0.3) is 5.91 Å². The molecule has 0 radical (unpaired) electrons. The smallest absolute Gasteiger partial charge is 0.255 e. The first kappa shape index (κ1) is 12.3. The van der Waals surface area contributed by atoms with Crippen molar-refractivity contribution in [3.8, 4) is 0 Å². The first-order chi connectivity index (χ1) is 8.00. The number of pyridine rings is 1. The lowest BCUT2D eigenvalue weighted by Crippen LogP contribution is -2.46. The Balaban J connectivity index is 2.17. The van der Waals surface area contributed by atoms with Gasteiger partial charge in [-0.15, -0.1) is 0 Å². The zero-order valence-corrected chi connectivity index (χ0v) is 10.1. The SMILES string of the molecule is CC1(NC(=O)c2cc(F)cnc2Cl)CCOC1. The Labute approximate surface area is 103 Å². The summed E-state index contributed by atoms with van der Waals surface area (Å²) in [6.45, 7) is 2.92. The third kappa shape index (κ3) is 2.73. The third-order valence-electron chi connectivity index (χ3n) is 2.68. The van der Waals surface area contributed by atoms with Crippen LogP contribution in [-0.4, -0.2) is 29.6 Å². The van der Waals surface area contributed by atoms with E-state index in [2.05, 4.69) is 10.3 Å². The molecule has 1 amide bonds. The molecule has 1 unspecified atom stereocenters. The molecule has 4 nitrogen and oxygen atoms in total. The minimum absolute atomic E-state index is 0.00795. The average Bonchev–Trinajstić information content (AvgIpc) is 2.68. The summed E-state index contributed by atoms with van der Waals surface area (Å²) in [5.41, 5.74) is -0.382. The minimum atomic E-state index is -0.590. The van der Waals surface area contributed by atoms with Gasteiger partial charge in [0.1, 0.15) is 11.0 Å². The van der Waals surface area contributed by atoms with Crippen molar-refractivity contribution in [3.05, 3.63) is 28.8 Å². The molecule has 1 fully saturated rings. The van der Waals surface area contributed by atoms with E-state index in [0.29, 0.717) is 13.2 Å². The van der Waals surface area contributed by atoms with Crippen molar-refractivity contribution < 1.29 is 13.9 Å². The number of aromatic nitrogens is 1. The number of halogens is 2. The van der Waals surface area contributed by atoms with E-state index in [9.17, 15) is 9.18 Å². The van der Waals surface area contributed by atoms with E-state index in [1.165, 1.54) is 0 Å². The number of ether oxygens (including phenoxy) is 1. The summed E-state index contributed by atoms with van der Waals surface area (Å²) in [4.78, 5) is 15.5. The van der Waals surface area contributed by atoms with Crippen molar-refractivity contribution in [2.24, 2.45) is 0 Å². The second kappa shape index (κ2) is 4.58. The van der Waals surface area contributed by atoms with Crippen LogP contribution < -0.4 is 5.32 Å². The Kier molecular flexibility index (Phi) is 3.31. The number of carbonyl (C=O) groups is 1. The number of nitrogens with zero attached hydrogens (tertiary/aromatic N) is 1. The molecule has 1 atom stereocenters. The van der Waals surface area contributed by atoms with Gasteiger partial charge >= 0.3 is 0 Å². The van der Waals surface area contributed by atoms with Crippen molar-refractivity contribution in [2.45, 2.75) is 18.9 Å².